The second-order valence-corrected chi connectivity index (χ2v) is 16.6. The molecule has 4 N–H and O–H groups in total. The van der Waals surface area contributed by atoms with Crippen LogP contribution in [0.1, 0.15) is 56.5 Å². The first-order valence-electron chi connectivity index (χ1n) is 19.6. The molecular formula is C42H51F4N7O5. The van der Waals surface area contributed by atoms with E-state index in [1.54, 1.807) is 19.2 Å². The molecule has 0 radical (unpaired) electrons. The number of amides is 1. The Hall–Kier alpha value is -4.77. The Kier molecular flexibility index (Phi) is 11.5. The maximum Gasteiger partial charge on any atom is 0.406 e. The summed E-state index contributed by atoms with van der Waals surface area (Å²) in [6, 6.07) is 6.98. The Bertz CT molecular complexity index is 2200. The van der Waals surface area contributed by atoms with Crippen molar-refractivity contribution in [1.82, 2.24) is 24.9 Å². The van der Waals surface area contributed by atoms with Gasteiger partial charge in [-0.15, -0.1) is 0 Å². The molecule has 2 saturated heterocycles. The van der Waals surface area contributed by atoms with Crippen molar-refractivity contribution in [2.75, 3.05) is 58.4 Å². The summed E-state index contributed by atoms with van der Waals surface area (Å²) in [7, 11) is 3.53. The number of fused-ring (bicyclic) bond motifs is 6. The first kappa shape index (κ1) is 41.4. The molecule has 3 atom stereocenters. The van der Waals surface area contributed by atoms with E-state index >= 15 is 4.39 Å². The Labute approximate surface area is 334 Å². The number of nitrogens with zero attached hydrogens (tertiary/aromatic N) is 5. The number of phenols is 1. The Morgan fingerprint density at radius 2 is 1.81 bits per heavy atom. The van der Waals surface area contributed by atoms with E-state index in [9.17, 15) is 27.9 Å². The fraction of sp³-hybridized carbons (Fsp3) is 0.500. The van der Waals surface area contributed by atoms with Gasteiger partial charge in [-0.05, 0) is 86.7 Å². The zero-order valence-corrected chi connectivity index (χ0v) is 33.5. The molecule has 6 bridgehead atoms. The minimum atomic E-state index is -4.71. The lowest BCUT2D eigenvalue weighted by Gasteiger charge is -2.35. The van der Waals surface area contributed by atoms with Crippen molar-refractivity contribution in [2.45, 2.75) is 77.4 Å². The van der Waals surface area contributed by atoms with Crippen LogP contribution in [-0.4, -0.2) is 108 Å². The van der Waals surface area contributed by atoms with Crippen molar-refractivity contribution in [3.8, 4) is 28.1 Å². The van der Waals surface area contributed by atoms with Crippen LogP contribution in [0.25, 0.3) is 33.3 Å². The van der Waals surface area contributed by atoms with Crippen LogP contribution < -0.4 is 16.1 Å². The highest BCUT2D eigenvalue weighted by atomic mass is 19.4. The number of ether oxygens (including phenoxy) is 2. The lowest BCUT2D eigenvalue weighted by Crippen LogP contribution is -2.59. The van der Waals surface area contributed by atoms with Gasteiger partial charge in [-0.25, -0.2) is 9.82 Å². The van der Waals surface area contributed by atoms with Crippen LogP contribution in [-0.2, 0) is 38.4 Å². The van der Waals surface area contributed by atoms with E-state index in [4.69, 9.17) is 20.2 Å². The van der Waals surface area contributed by atoms with E-state index in [1.807, 2.05) is 27.0 Å². The number of piperazine rings is 1. The predicted molar refractivity (Wildman–Crippen MR) is 211 cm³/mol. The third-order valence-corrected chi connectivity index (χ3v) is 11.4. The van der Waals surface area contributed by atoms with E-state index in [-0.39, 0.29) is 47.5 Å². The van der Waals surface area contributed by atoms with Gasteiger partial charge in [0.1, 0.15) is 24.2 Å². The number of esters is 1. The summed E-state index contributed by atoms with van der Waals surface area (Å²) in [6.07, 6.45) is -2.63. The number of carbonyl (C=O) groups excluding carboxylic acids is 2. The standard InChI is InChI=1S/C42H51F4N7O5/c1-24(57-5)37-31(17-27(21-48-37)51-11-9-50(4)10-12-51)38-32-20-41(2,3)23-58-40(56)35-7-6-8-53(49-35)39(55)34(47)15-25-13-26(16-28(54)14-25)29-18-30(32)36(19-33(29)43)52(38)22-42(44,45)46/h13-14,16-19,21,24,34-35,49,54H,6-12,15,20,22-23,47H2,1-5H3/t24-,34-,35-/m0/s1. The first-order valence-corrected chi connectivity index (χ1v) is 19.6. The fourth-order valence-corrected chi connectivity index (χ4v) is 8.32. The number of anilines is 1. The molecular weight excluding hydrogens is 758 g/mol. The number of cyclic esters (lactones) is 1. The largest absolute Gasteiger partial charge is 0.508 e. The molecule has 0 saturated carbocycles. The molecule has 0 aliphatic carbocycles. The SMILES string of the molecule is CO[C@@H](C)c1ncc(N2CCN(C)CC2)cc1-c1c2c3cc(c(F)cc3n1CC(F)(F)F)-c1cc(O)cc(c1)C[C@H](N)C(=O)N1CCC[C@H](N1)C(=O)OCC(C)(C)C2. The zero-order valence-electron chi connectivity index (χ0n) is 33.5. The highest BCUT2D eigenvalue weighted by Gasteiger charge is 2.37. The molecule has 3 aliphatic heterocycles. The van der Waals surface area contributed by atoms with Gasteiger partial charge in [-0.3, -0.25) is 19.6 Å². The highest BCUT2D eigenvalue weighted by molar-refractivity contribution is 5.96. The Morgan fingerprint density at radius 1 is 1.07 bits per heavy atom. The summed E-state index contributed by atoms with van der Waals surface area (Å²) in [5.74, 6) is -2.07. The average Bonchev–Trinajstić information content (AvgIpc) is 3.44. The summed E-state index contributed by atoms with van der Waals surface area (Å²) in [5, 5.41) is 12.5. The van der Waals surface area contributed by atoms with Crippen LogP contribution in [0.15, 0.2) is 42.6 Å². The van der Waals surface area contributed by atoms with Gasteiger partial charge in [0.2, 0.25) is 0 Å². The number of rotatable bonds is 5. The van der Waals surface area contributed by atoms with Crippen LogP contribution in [0.5, 0.6) is 5.75 Å². The molecule has 0 unspecified atom stereocenters. The van der Waals surface area contributed by atoms with Gasteiger partial charge in [-0.1, -0.05) is 19.9 Å². The van der Waals surface area contributed by atoms with Crippen molar-refractivity contribution in [3.63, 3.8) is 0 Å². The normalized spacial score (nSPS) is 21.6. The molecule has 7 rings (SSSR count). The lowest BCUT2D eigenvalue weighted by molar-refractivity contribution is -0.155. The number of methoxy groups -OCH3 is 1. The van der Waals surface area contributed by atoms with E-state index < -0.39 is 54.0 Å². The Morgan fingerprint density at radius 3 is 2.52 bits per heavy atom. The fourth-order valence-electron chi connectivity index (χ4n) is 8.32. The average molecular weight is 810 g/mol. The lowest BCUT2D eigenvalue weighted by atomic mass is 9.84. The van der Waals surface area contributed by atoms with Gasteiger partial charge in [0.15, 0.2) is 0 Å². The minimum Gasteiger partial charge on any atom is -0.508 e. The van der Waals surface area contributed by atoms with Crippen molar-refractivity contribution < 1.29 is 41.7 Å². The van der Waals surface area contributed by atoms with Crippen molar-refractivity contribution in [3.05, 3.63) is 65.2 Å². The number of nitrogens with one attached hydrogen (secondary N) is 1. The molecule has 1 amide bonds. The monoisotopic (exact) mass is 809 g/mol. The predicted octanol–water partition coefficient (Wildman–Crippen LogP) is 5.73. The molecule has 2 fully saturated rings. The molecule has 5 heterocycles. The summed E-state index contributed by atoms with van der Waals surface area (Å²) in [4.78, 5) is 36.2. The topological polar surface area (TPSA) is 138 Å². The molecule has 312 valence electrons. The number of aromatic nitrogens is 2. The summed E-state index contributed by atoms with van der Waals surface area (Å²) in [6.45, 7) is 7.17. The molecule has 2 aromatic heterocycles. The van der Waals surface area contributed by atoms with Crippen molar-refractivity contribution in [1.29, 1.82) is 0 Å². The first-order chi connectivity index (χ1) is 27.4. The van der Waals surface area contributed by atoms with Crippen molar-refractivity contribution in [2.24, 2.45) is 11.1 Å². The number of phenolic OH excluding ortho intramolecular Hbond substituents is 1. The van der Waals surface area contributed by atoms with E-state index in [0.29, 0.717) is 60.2 Å². The van der Waals surface area contributed by atoms with Crippen LogP contribution in [0, 0.1) is 11.2 Å². The molecule has 0 spiro atoms. The second kappa shape index (κ2) is 16.1. The highest BCUT2D eigenvalue weighted by Crippen LogP contribution is 2.45. The van der Waals surface area contributed by atoms with Gasteiger partial charge in [0.05, 0.1) is 47.5 Å². The maximum absolute atomic E-state index is 16.6. The third-order valence-electron chi connectivity index (χ3n) is 11.4. The van der Waals surface area contributed by atoms with Crippen LogP contribution in [0.4, 0.5) is 23.2 Å². The van der Waals surface area contributed by atoms with Crippen molar-refractivity contribution >= 4 is 28.5 Å². The number of nitrogens with two attached hydrogens (primary N) is 1. The van der Waals surface area contributed by atoms with Gasteiger partial charge < -0.3 is 34.7 Å². The summed E-state index contributed by atoms with van der Waals surface area (Å²) < 4.78 is 73.7. The summed E-state index contributed by atoms with van der Waals surface area (Å²) in [5.41, 5.74) is 11.4. The molecule has 2 aromatic carbocycles. The van der Waals surface area contributed by atoms with Gasteiger partial charge in [0, 0.05) is 61.8 Å². The number of hydrogen-bond acceptors (Lipinski definition) is 10. The van der Waals surface area contributed by atoms with Gasteiger partial charge in [-0.2, -0.15) is 13.2 Å². The number of benzene rings is 2. The molecule has 3 aliphatic rings. The van der Waals surface area contributed by atoms with Crippen LogP contribution in [0.2, 0.25) is 0 Å². The molecule has 58 heavy (non-hydrogen) atoms. The number of hydrazine groups is 1. The number of hydrogen-bond donors (Lipinski definition) is 3. The van der Waals surface area contributed by atoms with E-state index in [1.165, 1.54) is 30.3 Å². The van der Waals surface area contributed by atoms with Gasteiger partial charge >= 0.3 is 12.1 Å². The smallest absolute Gasteiger partial charge is 0.406 e. The number of aromatic hydroxyl groups is 1. The summed E-state index contributed by atoms with van der Waals surface area (Å²) >= 11 is 0. The third kappa shape index (κ3) is 8.65. The quantitative estimate of drug-likeness (QED) is 0.170. The van der Waals surface area contributed by atoms with Crippen LogP contribution >= 0.6 is 0 Å². The number of pyridine rings is 1. The number of alkyl halides is 3. The number of halogens is 4. The second-order valence-electron chi connectivity index (χ2n) is 16.6. The zero-order chi connectivity index (χ0) is 41.7. The van der Waals surface area contributed by atoms with E-state index in [2.05, 4.69) is 15.2 Å². The maximum atomic E-state index is 16.6. The molecule has 4 aromatic rings. The van der Waals surface area contributed by atoms with E-state index in [0.717, 1.165) is 29.4 Å². The molecule has 16 heteroatoms. The van der Waals surface area contributed by atoms with Gasteiger partial charge in [0.25, 0.3) is 5.91 Å². The molecule has 12 nitrogen and oxygen atoms in total. The minimum absolute atomic E-state index is 0.00582. The van der Waals surface area contributed by atoms with Crippen LogP contribution in [0.3, 0.4) is 0 Å². The number of likely N-dealkylation sites (N-methyl/N-ethyl adjacent to an activating group) is 1. The Balaban J connectivity index is 1.50. The number of carbonyl (C=O) groups is 2.